The van der Waals surface area contributed by atoms with Gasteiger partial charge in [-0.1, -0.05) is 19.1 Å². The van der Waals surface area contributed by atoms with Crippen LogP contribution in [0.3, 0.4) is 0 Å². The molecule has 0 amide bonds. The molecule has 0 bridgehead atoms. The number of nitrogens with one attached hydrogen (secondary N) is 2. The molecule has 0 saturated carbocycles. The average Bonchev–Trinajstić information content (AvgIpc) is 3.11. The number of rotatable bonds is 17. The SMILES string of the molecule is CCCOS(=O)c1cccc(N=Nc2c(C)cc3cc(S(=O)(=O)O)cc(Nc4nc(Cl)nc(Nc5cccc(S(=O)OCCOS(=O)(=O)O)c5)n4)c3c2O)c1. The first-order valence-corrected chi connectivity index (χ1v) is 20.9. The smallest absolute Gasteiger partial charge is 0.397 e. The minimum Gasteiger partial charge on any atom is -0.505 e. The Morgan fingerprint density at radius 2 is 1.47 bits per heavy atom. The second-order valence-corrected chi connectivity index (χ2v) is 16.2. The summed E-state index contributed by atoms with van der Waals surface area (Å²) in [5.41, 5.74) is 0.897. The molecule has 5 aromatic rings. The Bertz CT molecular complexity index is 2550. The molecule has 5 N–H and O–H groups in total. The first-order chi connectivity index (χ1) is 26.0. The summed E-state index contributed by atoms with van der Waals surface area (Å²) in [5.74, 6) is -0.804. The maximum atomic E-state index is 12.6. The maximum absolute atomic E-state index is 12.6. The Morgan fingerprint density at radius 3 is 2.15 bits per heavy atom. The van der Waals surface area contributed by atoms with Crippen molar-refractivity contribution in [3.63, 3.8) is 0 Å². The summed E-state index contributed by atoms with van der Waals surface area (Å²) in [6.45, 7) is 2.77. The standard InChI is InChI=1S/C31H30ClN7O12S4/c1-3-10-49-52(41)23-9-5-7-21(16-23)38-39-27-18(2)13-19-14-24(54(43,44)45)17-25(26(19)28(27)40)34-31-36-29(32)35-30(37-31)33-20-6-4-8-22(15-20)53(42)50-11-12-51-55(46,47)48/h4-9,13-17,40H,3,10-12H2,1-2H3,(H,43,44,45)(H,46,47,48)(H2,33,34,35,36,37). The summed E-state index contributed by atoms with van der Waals surface area (Å²) in [5, 5.41) is 25.5. The molecule has 0 radical (unpaired) electrons. The molecule has 2 unspecified atom stereocenters. The fourth-order valence-corrected chi connectivity index (χ4v) is 7.30. The summed E-state index contributed by atoms with van der Waals surface area (Å²) < 4.78 is 104. The lowest BCUT2D eigenvalue weighted by molar-refractivity contribution is 0.212. The molecule has 0 fully saturated rings. The van der Waals surface area contributed by atoms with Gasteiger partial charge in [-0.3, -0.25) is 17.5 Å². The third-order valence-corrected chi connectivity index (χ3v) is 10.5. The molecule has 1 aromatic heterocycles. The van der Waals surface area contributed by atoms with Gasteiger partial charge in [0.2, 0.25) is 17.2 Å². The molecular formula is C31H30ClN7O12S4. The number of azo groups is 1. The lowest BCUT2D eigenvalue weighted by Gasteiger charge is -2.15. The highest BCUT2D eigenvalue weighted by atomic mass is 35.5. The van der Waals surface area contributed by atoms with Crippen molar-refractivity contribution < 1.29 is 52.0 Å². The zero-order valence-corrected chi connectivity index (χ0v) is 32.5. The number of aromatic hydroxyl groups is 1. The van der Waals surface area contributed by atoms with Gasteiger partial charge in [-0.05, 0) is 90.5 Å². The van der Waals surface area contributed by atoms with Crippen LogP contribution in [0.1, 0.15) is 18.9 Å². The average molecular weight is 856 g/mol. The van der Waals surface area contributed by atoms with E-state index in [2.05, 4.69) is 40.0 Å². The third kappa shape index (κ3) is 11.5. The number of aromatic nitrogens is 3. The van der Waals surface area contributed by atoms with Crippen molar-refractivity contribution in [2.24, 2.45) is 10.2 Å². The number of phenolic OH excluding ortho intramolecular Hbond substituents is 1. The minimum absolute atomic E-state index is 0.00662. The van der Waals surface area contributed by atoms with Gasteiger partial charge in [0.05, 0.1) is 45.9 Å². The second kappa shape index (κ2) is 17.9. The van der Waals surface area contributed by atoms with Gasteiger partial charge in [0.25, 0.3) is 10.1 Å². The highest BCUT2D eigenvalue weighted by Crippen LogP contribution is 2.44. The number of hydrogen-bond donors (Lipinski definition) is 5. The summed E-state index contributed by atoms with van der Waals surface area (Å²) in [6.07, 6.45) is 0.674. The van der Waals surface area contributed by atoms with Crippen LogP contribution in [0.25, 0.3) is 10.8 Å². The van der Waals surface area contributed by atoms with E-state index in [4.69, 9.17) is 24.5 Å². The second-order valence-electron chi connectivity index (χ2n) is 11.0. The molecule has 1 heterocycles. The van der Waals surface area contributed by atoms with E-state index in [1.807, 2.05) is 6.92 Å². The van der Waals surface area contributed by atoms with E-state index in [0.717, 1.165) is 12.1 Å². The fourth-order valence-electron chi connectivity index (χ4n) is 4.69. The third-order valence-electron chi connectivity index (χ3n) is 6.96. The van der Waals surface area contributed by atoms with Crippen LogP contribution in [-0.4, -0.2) is 74.2 Å². The van der Waals surface area contributed by atoms with Crippen molar-refractivity contribution in [2.75, 3.05) is 30.5 Å². The Labute approximate surface area is 324 Å². The number of benzene rings is 4. The molecule has 292 valence electrons. The number of hydrogen-bond acceptors (Lipinski definition) is 17. The molecular weight excluding hydrogens is 826 g/mol. The van der Waals surface area contributed by atoms with E-state index in [9.17, 15) is 34.9 Å². The van der Waals surface area contributed by atoms with Gasteiger partial charge >= 0.3 is 10.4 Å². The highest BCUT2D eigenvalue weighted by molar-refractivity contribution is 7.85. The number of nitrogens with zero attached hydrogens (tertiary/aromatic N) is 5. The Kier molecular flexibility index (Phi) is 13.6. The number of fused-ring (bicyclic) bond motifs is 1. The van der Waals surface area contributed by atoms with Crippen molar-refractivity contribution in [1.29, 1.82) is 0 Å². The summed E-state index contributed by atoms with van der Waals surface area (Å²) in [4.78, 5) is 12.3. The fraction of sp³-hybridized carbons (Fsp3) is 0.194. The predicted octanol–water partition coefficient (Wildman–Crippen LogP) is 6.15. The Balaban J connectivity index is 1.46. The summed E-state index contributed by atoms with van der Waals surface area (Å²) in [7, 11) is -9.45. The predicted molar refractivity (Wildman–Crippen MR) is 201 cm³/mol. The van der Waals surface area contributed by atoms with Crippen molar-refractivity contribution >= 4 is 99.7 Å². The monoisotopic (exact) mass is 855 g/mol. The van der Waals surface area contributed by atoms with Crippen LogP contribution in [0, 0.1) is 6.92 Å². The molecule has 4 aromatic carbocycles. The summed E-state index contributed by atoms with van der Waals surface area (Å²) in [6, 6.07) is 16.0. The Morgan fingerprint density at radius 1 is 0.818 bits per heavy atom. The molecule has 0 saturated heterocycles. The topological polar surface area (TPSA) is 278 Å². The lowest BCUT2D eigenvalue weighted by atomic mass is 10.0. The molecule has 24 heteroatoms. The number of aryl methyl sites for hydroxylation is 1. The maximum Gasteiger partial charge on any atom is 0.397 e. The van der Waals surface area contributed by atoms with Gasteiger partial charge in [0, 0.05) is 11.1 Å². The normalized spacial score (nSPS) is 13.3. The Hall–Kier alpha value is -4.56. The molecule has 2 atom stereocenters. The number of phenols is 1. The molecule has 5 rings (SSSR count). The molecule has 19 nitrogen and oxygen atoms in total. The van der Waals surface area contributed by atoms with Crippen molar-refractivity contribution in [1.82, 2.24) is 15.0 Å². The van der Waals surface area contributed by atoms with E-state index in [1.165, 1.54) is 30.3 Å². The van der Waals surface area contributed by atoms with Gasteiger partial charge in [-0.25, -0.2) is 12.6 Å². The van der Waals surface area contributed by atoms with Crippen LogP contribution < -0.4 is 10.6 Å². The molecule has 0 aliphatic heterocycles. The van der Waals surface area contributed by atoms with Crippen molar-refractivity contribution in [2.45, 2.75) is 35.0 Å². The van der Waals surface area contributed by atoms with E-state index in [1.54, 1.807) is 31.2 Å². The first-order valence-electron chi connectivity index (χ1n) is 15.6. The molecule has 0 spiro atoms. The van der Waals surface area contributed by atoms with Crippen LogP contribution in [-0.2, 0) is 55.2 Å². The van der Waals surface area contributed by atoms with E-state index >= 15 is 0 Å². The highest BCUT2D eigenvalue weighted by Gasteiger charge is 2.21. The summed E-state index contributed by atoms with van der Waals surface area (Å²) >= 11 is 2.40. The van der Waals surface area contributed by atoms with Gasteiger partial charge in [0.15, 0.2) is 27.9 Å². The zero-order chi connectivity index (χ0) is 39.9. The minimum atomic E-state index is -4.76. The van der Waals surface area contributed by atoms with Crippen LogP contribution in [0.5, 0.6) is 5.75 Å². The van der Waals surface area contributed by atoms with Gasteiger partial charge in [-0.15, -0.1) is 5.11 Å². The van der Waals surface area contributed by atoms with Gasteiger partial charge in [-0.2, -0.15) is 36.9 Å². The van der Waals surface area contributed by atoms with Crippen LogP contribution in [0.15, 0.2) is 91.6 Å². The van der Waals surface area contributed by atoms with Crippen LogP contribution in [0.2, 0.25) is 5.28 Å². The number of anilines is 4. The zero-order valence-electron chi connectivity index (χ0n) is 28.4. The molecule has 0 aliphatic rings. The van der Waals surface area contributed by atoms with E-state index in [0.29, 0.717) is 34.9 Å². The largest absolute Gasteiger partial charge is 0.505 e. The van der Waals surface area contributed by atoms with Crippen molar-refractivity contribution in [3.8, 4) is 5.75 Å². The van der Waals surface area contributed by atoms with E-state index < -0.39 is 66.5 Å². The van der Waals surface area contributed by atoms with Gasteiger partial charge in [0.1, 0.15) is 5.69 Å². The quantitative estimate of drug-likeness (QED) is 0.0398. The molecule has 55 heavy (non-hydrogen) atoms. The lowest BCUT2D eigenvalue weighted by Crippen LogP contribution is -2.11. The van der Waals surface area contributed by atoms with E-state index in [-0.39, 0.29) is 44.2 Å². The van der Waals surface area contributed by atoms with Crippen LogP contribution >= 0.6 is 11.6 Å². The van der Waals surface area contributed by atoms with Crippen molar-refractivity contribution in [3.05, 3.63) is 77.6 Å². The van der Waals surface area contributed by atoms with Gasteiger partial charge < -0.3 is 15.7 Å². The molecule has 0 aliphatic carbocycles. The van der Waals surface area contributed by atoms with Crippen LogP contribution in [0.4, 0.5) is 34.6 Å². The first kappa shape index (κ1) is 41.6. The number of halogens is 1.